The maximum absolute atomic E-state index is 12.4. The fraction of sp³-hybridized carbons (Fsp3) is 0.143. The number of fused-ring (bicyclic) bond motifs is 2. The van der Waals surface area contributed by atoms with Crippen molar-refractivity contribution < 1.29 is 0 Å². The minimum Gasteiger partial charge on any atom is -0.378 e. The van der Waals surface area contributed by atoms with Gasteiger partial charge in [-0.2, -0.15) is 0 Å². The van der Waals surface area contributed by atoms with Crippen LogP contribution in [0.3, 0.4) is 0 Å². The first-order valence-corrected chi connectivity index (χ1v) is 5.75. The van der Waals surface area contributed by atoms with Crippen molar-refractivity contribution in [2.45, 2.75) is 0 Å². The Hall–Kier alpha value is -2.36. The summed E-state index contributed by atoms with van der Waals surface area (Å²) in [5.74, 6) is 0. The summed E-state index contributed by atoms with van der Waals surface area (Å²) in [6, 6.07) is 11.3. The summed E-state index contributed by atoms with van der Waals surface area (Å²) in [4.78, 5) is 18.8. The Morgan fingerprint density at radius 3 is 2.78 bits per heavy atom. The molecule has 2 heterocycles. The molecule has 0 fully saturated rings. The van der Waals surface area contributed by atoms with Crippen LogP contribution in [0.2, 0.25) is 0 Å². The first-order valence-electron chi connectivity index (χ1n) is 5.75. The Labute approximate surface area is 104 Å². The van der Waals surface area contributed by atoms with Crippen molar-refractivity contribution in [1.82, 2.24) is 9.38 Å². The third kappa shape index (κ3) is 1.54. The highest BCUT2D eigenvalue weighted by atomic mass is 16.1. The van der Waals surface area contributed by atoms with E-state index in [1.165, 1.54) is 0 Å². The van der Waals surface area contributed by atoms with Gasteiger partial charge in [0.15, 0.2) is 0 Å². The smallest absolute Gasteiger partial charge is 0.265 e. The van der Waals surface area contributed by atoms with Crippen LogP contribution in [-0.2, 0) is 0 Å². The molecule has 4 nitrogen and oxygen atoms in total. The molecule has 0 bridgehead atoms. The highest BCUT2D eigenvalue weighted by Crippen LogP contribution is 2.17. The first kappa shape index (κ1) is 10.8. The Morgan fingerprint density at radius 1 is 1.17 bits per heavy atom. The second-order valence-electron chi connectivity index (χ2n) is 4.44. The standard InChI is InChI=1S/C14H13N3O/c1-16(2)10-6-7-12-11(9-10)14(18)17-8-4-3-5-13(17)15-12/h3-9H,1-2H3. The van der Waals surface area contributed by atoms with Crippen LogP contribution in [-0.4, -0.2) is 23.5 Å². The monoisotopic (exact) mass is 239 g/mol. The van der Waals surface area contributed by atoms with Crippen molar-refractivity contribution in [2.24, 2.45) is 0 Å². The first-order chi connectivity index (χ1) is 8.66. The van der Waals surface area contributed by atoms with Gasteiger partial charge in [-0.3, -0.25) is 9.20 Å². The molecule has 0 spiro atoms. The van der Waals surface area contributed by atoms with E-state index >= 15 is 0 Å². The Bertz CT molecular complexity index is 790. The quantitative estimate of drug-likeness (QED) is 0.609. The average molecular weight is 239 g/mol. The molecule has 0 aliphatic rings. The van der Waals surface area contributed by atoms with E-state index in [1.807, 2.05) is 55.4 Å². The zero-order valence-electron chi connectivity index (χ0n) is 10.3. The van der Waals surface area contributed by atoms with E-state index in [0.29, 0.717) is 11.0 Å². The van der Waals surface area contributed by atoms with E-state index in [-0.39, 0.29) is 5.56 Å². The predicted molar refractivity (Wildman–Crippen MR) is 73.3 cm³/mol. The van der Waals surface area contributed by atoms with Crippen molar-refractivity contribution in [2.75, 3.05) is 19.0 Å². The molecule has 90 valence electrons. The predicted octanol–water partition coefficient (Wildman–Crippen LogP) is 1.91. The van der Waals surface area contributed by atoms with Crippen molar-refractivity contribution >= 4 is 22.2 Å². The average Bonchev–Trinajstić information content (AvgIpc) is 2.38. The summed E-state index contributed by atoms with van der Waals surface area (Å²) in [5, 5.41) is 0.643. The molecule has 18 heavy (non-hydrogen) atoms. The molecule has 1 aromatic carbocycles. The number of pyridine rings is 1. The lowest BCUT2D eigenvalue weighted by Crippen LogP contribution is -2.16. The molecule has 4 heteroatoms. The topological polar surface area (TPSA) is 37.6 Å². The minimum absolute atomic E-state index is 0.0284. The number of hydrogen-bond acceptors (Lipinski definition) is 3. The van der Waals surface area contributed by atoms with E-state index in [4.69, 9.17) is 0 Å². The van der Waals surface area contributed by atoms with Crippen molar-refractivity contribution in [3.8, 4) is 0 Å². The second-order valence-corrected chi connectivity index (χ2v) is 4.44. The third-order valence-electron chi connectivity index (χ3n) is 3.02. The van der Waals surface area contributed by atoms with Crippen LogP contribution >= 0.6 is 0 Å². The lowest BCUT2D eigenvalue weighted by atomic mass is 10.2. The van der Waals surface area contributed by atoms with Gasteiger partial charge in [-0.05, 0) is 30.3 Å². The van der Waals surface area contributed by atoms with Gasteiger partial charge in [0.05, 0.1) is 10.9 Å². The van der Waals surface area contributed by atoms with Gasteiger partial charge in [0.25, 0.3) is 5.56 Å². The van der Waals surface area contributed by atoms with E-state index in [1.54, 1.807) is 10.6 Å². The Morgan fingerprint density at radius 2 is 2.00 bits per heavy atom. The summed E-state index contributed by atoms with van der Waals surface area (Å²) in [6.45, 7) is 0. The van der Waals surface area contributed by atoms with Crippen molar-refractivity contribution in [1.29, 1.82) is 0 Å². The van der Waals surface area contributed by atoms with E-state index in [2.05, 4.69) is 4.98 Å². The van der Waals surface area contributed by atoms with Gasteiger partial charge in [-0.25, -0.2) is 4.98 Å². The van der Waals surface area contributed by atoms with E-state index < -0.39 is 0 Å². The van der Waals surface area contributed by atoms with Crippen LogP contribution in [0, 0.1) is 0 Å². The molecule has 0 unspecified atom stereocenters. The summed E-state index contributed by atoms with van der Waals surface area (Å²) in [7, 11) is 3.90. The minimum atomic E-state index is -0.0284. The highest BCUT2D eigenvalue weighted by Gasteiger charge is 2.06. The SMILES string of the molecule is CN(C)c1ccc2nc3ccccn3c(=O)c2c1. The number of anilines is 1. The van der Waals surface area contributed by atoms with Gasteiger partial charge in [0.2, 0.25) is 0 Å². The molecule has 0 saturated heterocycles. The zero-order chi connectivity index (χ0) is 12.7. The highest BCUT2D eigenvalue weighted by molar-refractivity contribution is 5.83. The second kappa shape index (κ2) is 3.84. The number of benzene rings is 1. The normalized spacial score (nSPS) is 11.0. The summed E-state index contributed by atoms with van der Waals surface area (Å²) >= 11 is 0. The van der Waals surface area contributed by atoms with Gasteiger partial charge >= 0.3 is 0 Å². The fourth-order valence-corrected chi connectivity index (χ4v) is 2.02. The molecule has 0 atom stereocenters. The van der Waals surface area contributed by atoms with Gasteiger partial charge in [-0.1, -0.05) is 6.07 Å². The van der Waals surface area contributed by atoms with Crippen LogP contribution in [0.1, 0.15) is 0 Å². The molecule has 0 amide bonds. The van der Waals surface area contributed by atoms with Crippen LogP contribution in [0.25, 0.3) is 16.6 Å². The van der Waals surface area contributed by atoms with Gasteiger partial charge in [0.1, 0.15) is 5.65 Å². The lowest BCUT2D eigenvalue weighted by Gasteiger charge is -2.12. The molecule has 0 radical (unpaired) electrons. The van der Waals surface area contributed by atoms with Gasteiger partial charge in [0, 0.05) is 26.0 Å². The molecular weight excluding hydrogens is 226 g/mol. The zero-order valence-corrected chi connectivity index (χ0v) is 10.3. The van der Waals surface area contributed by atoms with Crippen LogP contribution in [0.15, 0.2) is 47.4 Å². The number of aromatic nitrogens is 2. The molecule has 0 aliphatic carbocycles. The fourth-order valence-electron chi connectivity index (χ4n) is 2.02. The number of hydrogen-bond donors (Lipinski definition) is 0. The molecule has 3 aromatic rings. The molecule has 3 rings (SSSR count). The molecule has 0 aliphatic heterocycles. The van der Waals surface area contributed by atoms with Crippen molar-refractivity contribution in [3.05, 3.63) is 52.9 Å². The lowest BCUT2D eigenvalue weighted by molar-refractivity contribution is 1.07. The van der Waals surface area contributed by atoms with Gasteiger partial charge < -0.3 is 4.90 Å². The molecular formula is C14H13N3O. The molecule has 2 aromatic heterocycles. The van der Waals surface area contributed by atoms with Crippen LogP contribution < -0.4 is 10.5 Å². The van der Waals surface area contributed by atoms with Crippen molar-refractivity contribution in [3.63, 3.8) is 0 Å². The van der Waals surface area contributed by atoms with E-state index in [9.17, 15) is 4.79 Å². The Kier molecular flexibility index (Phi) is 2.30. The number of nitrogens with zero attached hydrogens (tertiary/aromatic N) is 3. The summed E-state index contributed by atoms with van der Waals surface area (Å²) in [6.07, 6.45) is 1.74. The molecule has 0 N–H and O–H groups in total. The van der Waals surface area contributed by atoms with E-state index in [0.717, 1.165) is 11.2 Å². The summed E-state index contributed by atoms with van der Waals surface area (Å²) in [5.41, 5.74) is 2.38. The third-order valence-corrected chi connectivity index (χ3v) is 3.02. The molecule has 0 saturated carbocycles. The van der Waals surface area contributed by atoms with Crippen LogP contribution in [0.4, 0.5) is 5.69 Å². The largest absolute Gasteiger partial charge is 0.378 e. The summed E-state index contributed by atoms with van der Waals surface area (Å²) < 4.78 is 1.57. The number of rotatable bonds is 1. The maximum Gasteiger partial charge on any atom is 0.265 e. The Balaban J connectivity index is 2.45. The van der Waals surface area contributed by atoms with Crippen LogP contribution in [0.5, 0.6) is 0 Å². The van der Waals surface area contributed by atoms with Gasteiger partial charge in [-0.15, -0.1) is 0 Å². The maximum atomic E-state index is 12.4.